The molecule has 0 saturated carbocycles. The van der Waals surface area contributed by atoms with Gasteiger partial charge in [0.2, 0.25) is 11.8 Å². The van der Waals surface area contributed by atoms with E-state index < -0.39 is 24.4 Å². The number of rotatable bonds is 8. The lowest BCUT2D eigenvalue weighted by atomic mass is 10.2. The van der Waals surface area contributed by atoms with Gasteiger partial charge in [-0.05, 0) is 49.7 Å². The van der Waals surface area contributed by atoms with Gasteiger partial charge in [0.05, 0.1) is 13.2 Å². The minimum absolute atomic E-state index is 0.126. The first-order valence-electron chi connectivity index (χ1n) is 8.48. The molecule has 0 aliphatic heterocycles. The summed E-state index contributed by atoms with van der Waals surface area (Å²) in [6.07, 6.45) is 1.49. The Balaban J connectivity index is 1.79. The fraction of sp³-hybridized carbons (Fsp3) is 0.263. The fourth-order valence-corrected chi connectivity index (χ4v) is 2.67. The average Bonchev–Trinajstić information content (AvgIpc) is 2.67. The summed E-state index contributed by atoms with van der Waals surface area (Å²) in [4.78, 5) is 39.8. The van der Waals surface area contributed by atoms with Gasteiger partial charge in [-0.2, -0.15) is 0 Å². The highest BCUT2D eigenvalue weighted by molar-refractivity contribution is 9.10. The Hall–Kier alpha value is -2.94. The van der Waals surface area contributed by atoms with Crippen LogP contribution in [0.3, 0.4) is 0 Å². The Morgan fingerprint density at radius 3 is 2.68 bits per heavy atom. The number of nitrogens with one attached hydrogen (secondary N) is 2. The summed E-state index contributed by atoms with van der Waals surface area (Å²) >= 11 is 3.35. The number of aryl methyl sites for hydroxylation is 1. The Kier molecular flexibility index (Phi) is 7.94. The van der Waals surface area contributed by atoms with Crippen molar-refractivity contribution in [1.29, 1.82) is 0 Å². The standard InChI is InChI=1S/C19H20BrN3O5/c1-3-27-18-14(5-4-8-21-18)19(26)28-11-17(25)22-10-16(24)23-15-7-6-13(20)9-12(15)2/h4-9H,3,10-11H2,1-2H3,(H,22,25)(H,23,24). The first-order chi connectivity index (χ1) is 13.4. The van der Waals surface area contributed by atoms with Gasteiger partial charge in [-0.25, -0.2) is 9.78 Å². The van der Waals surface area contributed by atoms with Crippen LogP contribution in [0.5, 0.6) is 5.88 Å². The highest BCUT2D eigenvalue weighted by atomic mass is 79.9. The molecule has 0 atom stereocenters. The van der Waals surface area contributed by atoms with E-state index in [1.54, 1.807) is 25.1 Å². The summed E-state index contributed by atoms with van der Waals surface area (Å²) in [6.45, 7) is 3.18. The number of esters is 1. The molecule has 148 valence electrons. The quantitative estimate of drug-likeness (QED) is 0.599. The summed E-state index contributed by atoms with van der Waals surface area (Å²) in [6, 6.07) is 8.48. The van der Waals surface area contributed by atoms with Crippen molar-refractivity contribution in [3.05, 3.63) is 52.1 Å². The number of benzene rings is 1. The van der Waals surface area contributed by atoms with E-state index in [9.17, 15) is 14.4 Å². The second-order valence-electron chi connectivity index (χ2n) is 5.65. The molecule has 2 rings (SSSR count). The van der Waals surface area contributed by atoms with Crippen molar-refractivity contribution < 1.29 is 23.9 Å². The van der Waals surface area contributed by atoms with Gasteiger partial charge in [0.15, 0.2) is 6.61 Å². The molecular formula is C19H20BrN3O5. The van der Waals surface area contributed by atoms with Gasteiger partial charge in [-0.3, -0.25) is 9.59 Å². The molecule has 2 aromatic rings. The molecule has 1 aromatic heterocycles. The van der Waals surface area contributed by atoms with Gasteiger partial charge < -0.3 is 20.1 Å². The Labute approximate surface area is 170 Å². The van der Waals surface area contributed by atoms with E-state index in [4.69, 9.17) is 9.47 Å². The van der Waals surface area contributed by atoms with Crippen LogP contribution in [-0.4, -0.2) is 42.5 Å². The largest absolute Gasteiger partial charge is 0.477 e. The van der Waals surface area contributed by atoms with E-state index >= 15 is 0 Å². The second kappa shape index (κ2) is 10.4. The molecule has 2 amide bonds. The molecule has 0 saturated heterocycles. The fourth-order valence-electron chi connectivity index (χ4n) is 2.20. The number of nitrogens with zero attached hydrogens (tertiary/aromatic N) is 1. The normalized spacial score (nSPS) is 10.1. The van der Waals surface area contributed by atoms with Crippen molar-refractivity contribution in [2.45, 2.75) is 13.8 Å². The number of ether oxygens (including phenoxy) is 2. The third kappa shape index (κ3) is 6.34. The van der Waals surface area contributed by atoms with Crippen LogP contribution in [0.2, 0.25) is 0 Å². The molecule has 2 N–H and O–H groups in total. The van der Waals surface area contributed by atoms with Gasteiger partial charge in [0.25, 0.3) is 5.91 Å². The number of anilines is 1. The van der Waals surface area contributed by atoms with Crippen LogP contribution in [0.4, 0.5) is 5.69 Å². The minimum Gasteiger partial charge on any atom is -0.477 e. The van der Waals surface area contributed by atoms with Gasteiger partial charge in [0.1, 0.15) is 5.56 Å². The van der Waals surface area contributed by atoms with Gasteiger partial charge in [-0.1, -0.05) is 15.9 Å². The molecule has 9 heteroatoms. The molecule has 0 spiro atoms. The highest BCUT2D eigenvalue weighted by Crippen LogP contribution is 2.19. The predicted octanol–water partition coefficient (Wildman–Crippen LogP) is 2.46. The topological polar surface area (TPSA) is 107 Å². The first-order valence-corrected chi connectivity index (χ1v) is 9.27. The zero-order valence-electron chi connectivity index (χ0n) is 15.5. The van der Waals surface area contributed by atoms with Crippen molar-refractivity contribution >= 4 is 39.4 Å². The maximum Gasteiger partial charge on any atom is 0.344 e. The molecule has 8 nitrogen and oxygen atoms in total. The van der Waals surface area contributed by atoms with Gasteiger partial charge in [-0.15, -0.1) is 0 Å². The molecule has 1 aromatic carbocycles. The molecule has 0 radical (unpaired) electrons. The molecule has 0 unspecified atom stereocenters. The summed E-state index contributed by atoms with van der Waals surface area (Å²) < 4.78 is 11.1. The number of halogens is 1. The molecule has 0 aliphatic carbocycles. The summed E-state index contributed by atoms with van der Waals surface area (Å²) in [7, 11) is 0. The summed E-state index contributed by atoms with van der Waals surface area (Å²) in [5, 5.41) is 5.09. The Morgan fingerprint density at radius 1 is 1.18 bits per heavy atom. The minimum atomic E-state index is -0.735. The van der Waals surface area contributed by atoms with Crippen molar-refractivity contribution in [3.8, 4) is 5.88 Å². The number of amides is 2. The van der Waals surface area contributed by atoms with Crippen LogP contribution in [0.15, 0.2) is 41.0 Å². The first kappa shape index (κ1) is 21.4. The molecule has 0 fully saturated rings. The third-order valence-corrected chi connectivity index (χ3v) is 4.01. The number of hydrogen-bond acceptors (Lipinski definition) is 6. The van der Waals surface area contributed by atoms with E-state index in [1.165, 1.54) is 12.3 Å². The van der Waals surface area contributed by atoms with E-state index in [0.29, 0.717) is 12.3 Å². The summed E-state index contributed by atoms with van der Waals surface area (Å²) in [5.41, 5.74) is 1.65. The van der Waals surface area contributed by atoms with E-state index in [2.05, 4.69) is 31.5 Å². The van der Waals surface area contributed by atoms with Crippen molar-refractivity contribution in [2.24, 2.45) is 0 Å². The monoisotopic (exact) mass is 449 g/mol. The van der Waals surface area contributed by atoms with Crippen molar-refractivity contribution in [3.63, 3.8) is 0 Å². The Morgan fingerprint density at radius 2 is 1.96 bits per heavy atom. The lowest BCUT2D eigenvalue weighted by Crippen LogP contribution is -2.35. The maximum atomic E-state index is 12.1. The smallest absolute Gasteiger partial charge is 0.344 e. The van der Waals surface area contributed by atoms with E-state index in [1.807, 2.05) is 13.0 Å². The van der Waals surface area contributed by atoms with Crippen LogP contribution in [0, 0.1) is 6.92 Å². The lowest BCUT2D eigenvalue weighted by Gasteiger charge is -2.10. The number of carbonyl (C=O) groups is 3. The molecule has 28 heavy (non-hydrogen) atoms. The van der Waals surface area contributed by atoms with E-state index in [-0.39, 0.29) is 18.0 Å². The highest BCUT2D eigenvalue weighted by Gasteiger charge is 2.16. The number of aromatic nitrogens is 1. The van der Waals surface area contributed by atoms with Crippen molar-refractivity contribution in [2.75, 3.05) is 25.1 Å². The summed E-state index contributed by atoms with van der Waals surface area (Å²) in [5.74, 6) is -1.59. The molecule has 0 bridgehead atoms. The van der Waals surface area contributed by atoms with Crippen LogP contribution < -0.4 is 15.4 Å². The van der Waals surface area contributed by atoms with Crippen molar-refractivity contribution in [1.82, 2.24) is 10.3 Å². The van der Waals surface area contributed by atoms with E-state index in [0.717, 1.165) is 10.0 Å². The number of pyridine rings is 1. The van der Waals surface area contributed by atoms with Crippen LogP contribution in [-0.2, 0) is 14.3 Å². The predicted molar refractivity (Wildman–Crippen MR) is 106 cm³/mol. The van der Waals surface area contributed by atoms with Gasteiger partial charge >= 0.3 is 5.97 Å². The van der Waals surface area contributed by atoms with Crippen LogP contribution in [0.25, 0.3) is 0 Å². The SMILES string of the molecule is CCOc1ncccc1C(=O)OCC(=O)NCC(=O)Nc1ccc(Br)cc1C. The molecule has 1 heterocycles. The lowest BCUT2D eigenvalue weighted by molar-refractivity contribution is -0.126. The molecule has 0 aliphatic rings. The number of hydrogen-bond donors (Lipinski definition) is 2. The maximum absolute atomic E-state index is 12.1. The van der Waals surface area contributed by atoms with Crippen LogP contribution >= 0.6 is 15.9 Å². The zero-order valence-corrected chi connectivity index (χ0v) is 17.0. The van der Waals surface area contributed by atoms with Gasteiger partial charge in [0, 0.05) is 16.4 Å². The average molecular weight is 450 g/mol. The van der Waals surface area contributed by atoms with Crippen LogP contribution in [0.1, 0.15) is 22.8 Å². The second-order valence-corrected chi connectivity index (χ2v) is 6.57. The Bertz CT molecular complexity index is 872. The molecular weight excluding hydrogens is 430 g/mol. The number of carbonyl (C=O) groups excluding carboxylic acids is 3. The zero-order chi connectivity index (χ0) is 20.5. The third-order valence-electron chi connectivity index (χ3n) is 3.52.